The Bertz CT molecular complexity index is 680. The molecule has 4 amide bonds. The Morgan fingerprint density at radius 2 is 1.68 bits per heavy atom. The van der Waals surface area contributed by atoms with Gasteiger partial charge < -0.3 is 30.3 Å². The molecule has 0 saturated heterocycles. The first-order chi connectivity index (χ1) is 13.5. The van der Waals surface area contributed by atoms with Crippen molar-refractivity contribution in [3.63, 3.8) is 0 Å². The number of methoxy groups -OCH3 is 2. The number of benzene rings is 1. The summed E-state index contributed by atoms with van der Waals surface area (Å²) in [5.74, 6) is 1.27. The minimum absolute atomic E-state index is 0.122. The normalized spacial score (nSPS) is 15.4. The second-order valence-electron chi connectivity index (χ2n) is 6.73. The van der Waals surface area contributed by atoms with E-state index in [0.717, 1.165) is 24.0 Å². The van der Waals surface area contributed by atoms with Crippen LogP contribution in [0.1, 0.15) is 43.9 Å². The average Bonchev–Trinajstić information content (AvgIpc) is 2.72. The number of carbonyl (C=O) groups is 2. The van der Waals surface area contributed by atoms with Crippen LogP contribution in [-0.4, -0.2) is 57.4 Å². The highest BCUT2D eigenvalue weighted by Crippen LogP contribution is 2.37. The first-order valence-electron chi connectivity index (χ1n) is 9.86. The van der Waals surface area contributed by atoms with E-state index in [9.17, 15) is 9.59 Å². The highest BCUT2D eigenvalue weighted by molar-refractivity contribution is 5.76. The molecule has 0 aliphatic carbocycles. The van der Waals surface area contributed by atoms with Crippen LogP contribution in [0.3, 0.4) is 0 Å². The van der Waals surface area contributed by atoms with Crippen molar-refractivity contribution >= 4 is 12.1 Å². The molecule has 3 N–H and O–H groups in total. The van der Waals surface area contributed by atoms with Crippen LogP contribution >= 0.6 is 0 Å². The van der Waals surface area contributed by atoms with Crippen LogP contribution < -0.4 is 25.4 Å². The highest BCUT2D eigenvalue weighted by atomic mass is 16.5. The van der Waals surface area contributed by atoms with Gasteiger partial charge in [0.25, 0.3) is 0 Å². The van der Waals surface area contributed by atoms with E-state index in [0.29, 0.717) is 44.1 Å². The molecule has 1 aliphatic rings. The van der Waals surface area contributed by atoms with Crippen LogP contribution in [0.2, 0.25) is 0 Å². The first kappa shape index (κ1) is 21.7. The number of ether oxygens (including phenoxy) is 2. The molecule has 0 aromatic heterocycles. The molecule has 0 spiro atoms. The molecule has 8 heteroatoms. The monoisotopic (exact) mass is 392 g/mol. The summed E-state index contributed by atoms with van der Waals surface area (Å²) in [5, 5.41) is 8.63. The van der Waals surface area contributed by atoms with E-state index in [4.69, 9.17) is 9.47 Å². The minimum atomic E-state index is -0.284. The second-order valence-corrected chi connectivity index (χ2v) is 6.73. The molecular formula is C20H32N4O4. The molecule has 0 saturated carbocycles. The number of carbonyl (C=O) groups excluding carboxylic acids is 2. The van der Waals surface area contributed by atoms with Gasteiger partial charge in [-0.1, -0.05) is 13.8 Å². The van der Waals surface area contributed by atoms with Gasteiger partial charge in [-0.15, -0.1) is 0 Å². The third-order valence-electron chi connectivity index (χ3n) is 4.78. The van der Waals surface area contributed by atoms with Gasteiger partial charge in [0.2, 0.25) is 0 Å². The molecular weight excluding hydrogens is 360 g/mol. The molecule has 0 bridgehead atoms. The summed E-state index contributed by atoms with van der Waals surface area (Å²) in [4.78, 5) is 26.5. The number of nitrogens with zero attached hydrogens (tertiary/aromatic N) is 1. The third kappa shape index (κ3) is 5.21. The van der Waals surface area contributed by atoms with Crippen molar-refractivity contribution in [2.45, 2.75) is 39.2 Å². The Morgan fingerprint density at radius 3 is 2.32 bits per heavy atom. The van der Waals surface area contributed by atoms with E-state index >= 15 is 0 Å². The van der Waals surface area contributed by atoms with Crippen LogP contribution in [0, 0.1) is 0 Å². The van der Waals surface area contributed by atoms with Gasteiger partial charge in [-0.3, -0.25) is 0 Å². The topological polar surface area (TPSA) is 91.9 Å². The van der Waals surface area contributed by atoms with Crippen molar-refractivity contribution in [1.82, 2.24) is 20.9 Å². The molecule has 0 unspecified atom stereocenters. The van der Waals surface area contributed by atoms with Crippen LogP contribution in [0.4, 0.5) is 9.59 Å². The molecule has 0 fully saturated rings. The molecule has 156 valence electrons. The number of rotatable bonds is 8. The fourth-order valence-electron chi connectivity index (χ4n) is 3.32. The summed E-state index contributed by atoms with van der Waals surface area (Å²) in [5.41, 5.74) is 2.06. The first-order valence-corrected chi connectivity index (χ1v) is 9.86. The van der Waals surface area contributed by atoms with E-state index in [1.165, 1.54) is 0 Å². The zero-order valence-electron chi connectivity index (χ0n) is 17.3. The van der Waals surface area contributed by atoms with Gasteiger partial charge in [0.05, 0.1) is 20.3 Å². The molecule has 1 aromatic rings. The lowest BCUT2D eigenvalue weighted by molar-refractivity contribution is 0.167. The summed E-state index contributed by atoms with van der Waals surface area (Å²) in [6.07, 6.45) is 2.44. The fraction of sp³-hybridized carbons (Fsp3) is 0.600. The summed E-state index contributed by atoms with van der Waals surface area (Å²) >= 11 is 0. The molecule has 8 nitrogen and oxygen atoms in total. The van der Waals surface area contributed by atoms with E-state index in [1.807, 2.05) is 26.0 Å². The lowest BCUT2D eigenvalue weighted by Gasteiger charge is -2.37. The maximum atomic E-state index is 12.7. The van der Waals surface area contributed by atoms with Crippen molar-refractivity contribution in [3.05, 3.63) is 23.3 Å². The number of hydrogen-bond donors (Lipinski definition) is 3. The van der Waals surface area contributed by atoms with E-state index < -0.39 is 0 Å². The van der Waals surface area contributed by atoms with Gasteiger partial charge in [0.1, 0.15) is 0 Å². The number of hydrogen-bond acceptors (Lipinski definition) is 4. The number of fused-ring (bicyclic) bond motifs is 1. The van der Waals surface area contributed by atoms with Crippen LogP contribution in [-0.2, 0) is 6.42 Å². The summed E-state index contributed by atoms with van der Waals surface area (Å²) in [6, 6.07) is 3.22. The van der Waals surface area contributed by atoms with E-state index in [1.54, 1.807) is 19.1 Å². The summed E-state index contributed by atoms with van der Waals surface area (Å²) in [6.45, 7) is 6.12. The predicted molar refractivity (Wildman–Crippen MR) is 108 cm³/mol. The largest absolute Gasteiger partial charge is 0.493 e. The summed E-state index contributed by atoms with van der Waals surface area (Å²) in [7, 11) is 3.19. The highest BCUT2D eigenvalue weighted by Gasteiger charge is 2.32. The predicted octanol–water partition coefficient (Wildman–Crippen LogP) is 2.43. The smallest absolute Gasteiger partial charge is 0.317 e. The molecule has 0 radical (unpaired) electrons. The zero-order valence-corrected chi connectivity index (χ0v) is 17.3. The van der Waals surface area contributed by atoms with Crippen molar-refractivity contribution in [1.29, 1.82) is 0 Å². The van der Waals surface area contributed by atoms with Gasteiger partial charge in [0.15, 0.2) is 11.5 Å². The molecule has 1 aliphatic heterocycles. The molecule has 1 heterocycles. The second kappa shape index (κ2) is 10.6. The fourth-order valence-corrected chi connectivity index (χ4v) is 3.32. The van der Waals surface area contributed by atoms with Crippen LogP contribution in [0.15, 0.2) is 12.1 Å². The average molecular weight is 393 g/mol. The van der Waals surface area contributed by atoms with E-state index in [-0.39, 0.29) is 18.1 Å². The Labute approximate surface area is 166 Å². The van der Waals surface area contributed by atoms with Crippen molar-refractivity contribution in [2.75, 3.05) is 40.4 Å². The lowest BCUT2D eigenvalue weighted by atomic mass is 9.92. The van der Waals surface area contributed by atoms with Gasteiger partial charge in [-0.05, 0) is 42.5 Å². The van der Waals surface area contributed by atoms with Crippen LogP contribution in [0.25, 0.3) is 0 Å². The Balaban J connectivity index is 2.28. The molecule has 1 atom stereocenters. The van der Waals surface area contributed by atoms with Crippen molar-refractivity contribution in [3.8, 4) is 11.5 Å². The SMILES string of the molecule is CCCNC(=O)NC[C@H]1c2cc(OC)c(OC)cc2CCN1C(=O)NCCC. The maximum Gasteiger partial charge on any atom is 0.317 e. The van der Waals surface area contributed by atoms with Crippen molar-refractivity contribution < 1.29 is 19.1 Å². The van der Waals surface area contributed by atoms with E-state index in [2.05, 4.69) is 16.0 Å². The number of amides is 4. The van der Waals surface area contributed by atoms with Crippen LogP contribution in [0.5, 0.6) is 11.5 Å². The molecule has 1 aromatic carbocycles. The van der Waals surface area contributed by atoms with Crippen molar-refractivity contribution in [2.24, 2.45) is 0 Å². The minimum Gasteiger partial charge on any atom is -0.493 e. The van der Waals surface area contributed by atoms with Gasteiger partial charge >= 0.3 is 12.1 Å². The number of urea groups is 2. The van der Waals surface area contributed by atoms with Gasteiger partial charge in [-0.2, -0.15) is 0 Å². The standard InChI is InChI=1S/C20H32N4O4/c1-5-8-21-19(25)23-13-16-15-12-18(28-4)17(27-3)11-14(15)7-10-24(16)20(26)22-9-6-2/h11-12,16H,5-10,13H2,1-4H3,(H,22,26)(H2,21,23,25)/t16-/m0/s1. The number of nitrogens with one attached hydrogen (secondary N) is 3. The molecule has 28 heavy (non-hydrogen) atoms. The Morgan fingerprint density at radius 1 is 1.04 bits per heavy atom. The Hall–Kier alpha value is -2.64. The quantitative estimate of drug-likeness (QED) is 0.634. The van der Waals surface area contributed by atoms with Gasteiger partial charge in [0, 0.05) is 26.2 Å². The lowest BCUT2D eigenvalue weighted by Crippen LogP contribution is -2.50. The van der Waals surface area contributed by atoms with Gasteiger partial charge in [-0.25, -0.2) is 9.59 Å². The Kier molecular flexibility index (Phi) is 8.22. The summed E-state index contributed by atoms with van der Waals surface area (Å²) < 4.78 is 10.9. The zero-order chi connectivity index (χ0) is 20.5. The third-order valence-corrected chi connectivity index (χ3v) is 4.78. The molecule has 2 rings (SSSR count). The maximum absolute atomic E-state index is 12.7.